The molecule has 1 aliphatic heterocycles. The van der Waals surface area contributed by atoms with Gasteiger partial charge in [0.15, 0.2) is 11.5 Å². The molecule has 0 saturated carbocycles. The Bertz CT molecular complexity index is 1290. The molecule has 32 heavy (non-hydrogen) atoms. The number of hydrogen-bond acceptors (Lipinski definition) is 6. The molecule has 2 aromatic carbocycles. The van der Waals surface area contributed by atoms with Crippen molar-refractivity contribution in [2.24, 2.45) is 5.10 Å². The second kappa shape index (κ2) is 8.19. The predicted octanol–water partition coefficient (Wildman–Crippen LogP) is 5.02. The zero-order valence-corrected chi connectivity index (χ0v) is 17.4. The largest absolute Gasteiger partial charge is 0.467 e. The van der Waals surface area contributed by atoms with E-state index in [0.29, 0.717) is 34.9 Å². The molecule has 0 bridgehead atoms. The number of anilines is 1. The molecule has 1 amide bonds. The molecule has 160 valence electrons. The van der Waals surface area contributed by atoms with Crippen LogP contribution in [0.15, 0.2) is 86.9 Å². The summed E-state index contributed by atoms with van der Waals surface area (Å²) in [5.41, 5.74) is 2.75. The molecule has 0 fully saturated rings. The average Bonchev–Trinajstić information content (AvgIpc) is 3.56. The molecule has 1 atom stereocenters. The molecule has 7 nitrogen and oxygen atoms in total. The van der Waals surface area contributed by atoms with E-state index in [1.165, 1.54) is 11.9 Å². The first-order valence-corrected chi connectivity index (χ1v) is 10.4. The van der Waals surface area contributed by atoms with E-state index in [1.807, 2.05) is 42.5 Å². The van der Waals surface area contributed by atoms with E-state index >= 15 is 0 Å². The number of carbonyl (C=O) groups excluding carboxylic acids is 2. The topological polar surface area (TPSA) is 88.0 Å². The molecule has 0 aliphatic carbocycles. The monoisotopic (exact) mass is 427 g/mol. The molecular weight excluding hydrogens is 406 g/mol. The summed E-state index contributed by atoms with van der Waals surface area (Å²) in [6.07, 6.45) is 2.07. The fourth-order valence-corrected chi connectivity index (χ4v) is 3.82. The summed E-state index contributed by atoms with van der Waals surface area (Å²) < 4.78 is 11.6. The van der Waals surface area contributed by atoms with Crippen molar-refractivity contribution in [3.8, 4) is 0 Å². The van der Waals surface area contributed by atoms with Crippen molar-refractivity contribution >= 4 is 34.1 Å². The Labute approximate surface area is 184 Å². The van der Waals surface area contributed by atoms with Crippen LogP contribution in [0.25, 0.3) is 11.0 Å². The Morgan fingerprint density at radius 1 is 1.09 bits per heavy atom. The molecule has 2 aromatic heterocycles. The van der Waals surface area contributed by atoms with Crippen LogP contribution >= 0.6 is 0 Å². The van der Waals surface area contributed by atoms with Gasteiger partial charge in [0.1, 0.15) is 23.1 Å². The molecule has 0 radical (unpaired) electrons. The van der Waals surface area contributed by atoms with Crippen LogP contribution in [0.4, 0.5) is 5.69 Å². The Kier molecular flexibility index (Phi) is 5.07. The van der Waals surface area contributed by atoms with Crippen LogP contribution in [0.3, 0.4) is 0 Å². The Morgan fingerprint density at radius 3 is 2.75 bits per heavy atom. The zero-order valence-electron chi connectivity index (χ0n) is 17.4. The van der Waals surface area contributed by atoms with Gasteiger partial charge >= 0.3 is 0 Å². The number of rotatable bonds is 6. The summed E-state index contributed by atoms with van der Waals surface area (Å²) in [7, 11) is 0. The number of nitrogens with one attached hydrogen (secondary N) is 1. The van der Waals surface area contributed by atoms with E-state index in [9.17, 15) is 9.59 Å². The summed E-state index contributed by atoms with van der Waals surface area (Å²) in [4.78, 5) is 24.7. The third kappa shape index (κ3) is 3.80. The summed E-state index contributed by atoms with van der Waals surface area (Å²) in [6.45, 7) is 1.53. The van der Waals surface area contributed by atoms with Crippen LogP contribution in [0.1, 0.15) is 41.3 Å². The third-order valence-electron chi connectivity index (χ3n) is 5.46. The lowest BCUT2D eigenvalue weighted by Crippen LogP contribution is -2.32. The fraction of sp³-hybridized carbons (Fsp3) is 0.160. The summed E-state index contributed by atoms with van der Waals surface area (Å²) in [6, 6.07) is 20.0. The van der Waals surface area contributed by atoms with E-state index in [-0.39, 0.29) is 24.3 Å². The molecular formula is C25H21N3O4. The second-order valence-electron chi connectivity index (χ2n) is 7.66. The van der Waals surface area contributed by atoms with Crippen molar-refractivity contribution in [1.82, 2.24) is 5.01 Å². The number of ketones is 1. The first kappa shape index (κ1) is 19.8. The number of nitrogens with zero attached hydrogens (tertiary/aromatic N) is 2. The minimum Gasteiger partial charge on any atom is -0.467 e. The third-order valence-corrected chi connectivity index (χ3v) is 5.46. The molecule has 1 N–H and O–H groups in total. The van der Waals surface area contributed by atoms with Crippen molar-refractivity contribution in [3.05, 3.63) is 90.1 Å². The maximum atomic E-state index is 13.1. The molecule has 4 aromatic rings. The molecule has 0 spiro atoms. The van der Waals surface area contributed by atoms with Gasteiger partial charge in [0.2, 0.25) is 0 Å². The van der Waals surface area contributed by atoms with Crippen molar-refractivity contribution < 1.29 is 18.4 Å². The Morgan fingerprint density at radius 2 is 1.97 bits per heavy atom. The number of Topliss-reactive ketones (excluding diaryl/α,β-unsaturated/α-hetero) is 1. The number of carbonyl (C=O) groups is 2. The first-order chi connectivity index (χ1) is 15.6. The van der Waals surface area contributed by atoms with Crippen LogP contribution in [0.2, 0.25) is 0 Å². The van der Waals surface area contributed by atoms with Crippen molar-refractivity contribution in [1.29, 1.82) is 0 Å². The maximum Gasteiger partial charge on any atom is 0.262 e. The van der Waals surface area contributed by atoms with Crippen molar-refractivity contribution in [3.63, 3.8) is 0 Å². The van der Waals surface area contributed by atoms with Gasteiger partial charge in [-0.3, -0.25) is 9.59 Å². The van der Waals surface area contributed by atoms with Gasteiger partial charge < -0.3 is 14.2 Å². The van der Waals surface area contributed by atoms with Crippen LogP contribution < -0.4 is 5.32 Å². The van der Waals surface area contributed by atoms with Crippen LogP contribution in [0.5, 0.6) is 0 Å². The van der Waals surface area contributed by atoms with Gasteiger partial charge in [-0.2, -0.15) is 5.10 Å². The normalized spacial score (nSPS) is 15.7. The van der Waals surface area contributed by atoms with Gasteiger partial charge in [-0.25, -0.2) is 5.01 Å². The van der Waals surface area contributed by atoms with Gasteiger partial charge in [0.05, 0.1) is 12.8 Å². The van der Waals surface area contributed by atoms with Crippen LogP contribution in [-0.4, -0.2) is 29.0 Å². The van der Waals surface area contributed by atoms with Gasteiger partial charge in [0.25, 0.3) is 5.91 Å². The van der Waals surface area contributed by atoms with Crippen LogP contribution in [-0.2, 0) is 4.79 Å². The highest BCUT2D eigenvalue weighted by molar-refractivity contribution is 6.03. The second-order valence-corrected chi connectivity index (χ2v) is 7.66. The average molecular weight is 427 g/mol. The standard InChI is InChI=1S/C25H21N3O4/c1-16(29)17-7-4-8-19(12-17)26-15-25(30)28-21(23-10-5-11-31-23)14-20(27-28)24-13-18-6-2-3-9-22(18)32-24/h2-13,21,26H,14-15H2,1H3/t21-/m1/s1. The van der Waals surface area contributed by atoms with Gasteiger partial charge in [-0.05, 0) is 43.3 Å². The molecule has 3 heterocycles. The lowest BCUT2D eigenvalue weighted by Gasteiger charge is -2.20. The minimum atomic E-state index is -0.355. The number of hydrazone groups is 1. The fourth-order valence-electron chi connectivity index (χ4n) is 3.82. The number of benzene rings is 2. The number of hydrogen-bond donors (Lipinski definition) is 1. The molecule has 1 aliphatic rings. The quantitative estimate of drug-likeness (QED) is 0.437. The first-order valence-electron chi connectivity index (χ1n) is 10.4. The zero-order chi connectivity index (χ0) is 22.1. The molecule has 0 saturated heterocycles. The Hall–Kier alpha value is -4.13. The van der Waals surface area contributed by atoms with Crippen molar-refractivity contribution in [2.75, 3.05) is 11.9 Å². The van der Waals surface area contributed by atoms with Gasteiger partial charge in [-0.15, -0.1) is 0 Å². The van der Waals surface area contributed by atoms with E-state index in [0.717, 1.165) is 11.0 Å². The molecule has 5 rings (SSSR count). The smallest absolute Gasteiger partial charge is 0.262 e. The number of fused-ring (bicyclic) bond motifs is 1. The molecule has 7 heteroatoms. The Balaban J connectivity index is 1.39. The lowest BCUT2D eigenvalue weighted by molar-refractivity contribution is -0.131. The molecule has 0 unspecified atom stereocenters. The summed E-state index contributed by atoms with van der Waals surface area (Å²) >= 11 is 0. The van der Waals surface area contributed by atoms with E-state index in [4.69, 9.17) is 8.83 Å². The number of furan rings is 2. The van der Waals surface area contributed by atoms with Gasteiger partial charge in [0, 0.05) is 23.1 Å². The maximum absolute atomic E-state index is 13.1. The van der Waals surface area contributed by atoms with Crippen LogP contribution in [0, 0.1) is 0 Å². The van der Waals surface area contributed by atoms with Gasteiger partial charge in [-0.1, -0.05) is 30.3 Å². The highest BCUT2D eigenvalue weighted by atomic mass is 16.3. The predicted molar refractivity (Wildman–Crippen MR) is 121 cm³/mol. The van der Waals surface area contributed by atoms with Crippen molar-refractivity contribution in [2.45, 2.75) is 19.4 Å². The minimum absolute atomic E-state index is 0.0233. The lowest BCUT2D eigenvalue weighted by atomic mass is 10.1. The summed E-state index contributed by atoms with van der Waals surface area (Å²) in [5, 5.41) is 10.1. The SMILES string of the molecule is CC(=O)c1cccc(NCC(=O)N2N=C(c3cc4ccccc4o3)C[C@@H]2c2ccco2)c1. The highest BCUT2D eigenvalue weighted by Gasteiger charge is 2.35. The van der Waals surface area contributed by atoms with E-state index in [1.54, 1.807) is 30.5 Å². The van der Waals surface area contributed by atoms with E-state index in [2.05, 4.69) is 10.4 Å². The highest BCUT2D eigenvalue weighted by Crippen LogP contribution is 2.34. The van der Waals surface area contributed by atoms with E-state index < -0.39 is 0 Å². The number of para-hydroxylation sites is 1. The summed E-state index contributed by atoms with van der Waals surface area (Å²) in [5.74, 6) is 1.05. The number of amides is 1.